The smallest absolute Gasteiger partial charge is 0.320 e. The lowest BCUT2D eigenvalue weighted by Gasteiger charge is -2.29. The summed E-state index contributed by atoms with van der Waals surface area (Å²) in [6.07, 6.45) is 0.926. The molecule has 2 aromatic rings. The molecule has 1 aliphatic heterocycles. The molecular formula is C16H15IN2O. The standard InChI is InChI=1S/C16H15IN2O/c17-14-7-3-4-8-15(14)18-16(20)19-10-9-12-5-1-2-6-13(12)11-19/h1-8H,9-11H2,(H,18,20). The van der Waals surface area contributed by atoms with Crippen LogP contribution in [0.3, 0.4) is 0 Å². The van der Waals surface area contributed by atoms with Gasteiger partial charge >= 0.3 is 6.03 Å². The van der Waals surface area contributed by atoms with Crippen LogP contribution < -0.4 is 5.32 Å². The number of nitrogens with zero attached hydrogens (tertiary/aromatic N) is 1. The minimum absolute atomic E-state index is 0.0244. The number of rotatable bonds is 1. The summed E-state index contributed by atoms with van der Waals surface area (Å²) >= 11 is 2.23. The molecule has 3 rings (SSSR count). The largest absolute Gasteiger partial charge is 0.322 e. The Labute approximate surface area is 132 Å². The number of benzene rings is 2. The summed E-state index contributed by atoms with van der Waals surface area (Å²) in [5.74, 6) is 0. The van der Waals surface area contributed by atoms with Gasteiger partial charge < -0.3 is 10.2 Å². The number of anilines is 1. The van der Waals surface area contributed by atoms with E-state index in [-0.39, 0.29) is 6.03 Å². The fourth-order valence-corrected chi connectivity index (χ4v) is 2.95. The van der Waals surface area contributed by atoms with E-state index in [1.807, 2.05) is 35.2 Å². The summed E-state index contributed by atoms with van der Waals surface area (Å²) in [6.45, 7) is 1.46. The highest BCUT2D eigenvalue weighted by Gasteiger charge is 2.20. The Morgan fingerprint density at radius 2 is 1.75 bits per heavy atom. The molecule has 0 bridgehead atoms. The van der Waals surface area contributed by atoms with E-state index in [4.69, 9.17) is 0 Å². The van der Waals surface area contributed by atoms with E-state index < -0.39 is 0 Å². The maximum atomic E-state index is 12.3. The van der Waals surface area contributed by atoms with E-state index in [0.29, 0.717) is 6.54 Å². The molecule has 3 nitrogen and oxygen atoms in total. The van der Waals surface area contributed by atoms with Crippen LogP contribution in [0.5, 0.6) is 0 Å². The Hall–Kier alpha value is -1.56. The molecular weight excluding hydrogens is 363 g/mol. The zero-order chi connectivity index (χ0) is 13.9. The van der Waals surface area contributed by atoms with Crippen molar-refractivity contribution in [3.63, 3.8) is 0 Å². The van der Waals surface area contributed by atoms with Gasteiger partial charge in [0.15, 0.2) is 0 Å². The van der Waals surface area contributed by atoms with E-state index in [1.165, 1.54) is 11.1 Å². The van der Waals surface area contributed by atoms with Crippen LogP contribution in [-0.2, 0) is 13.0 Å². The highest BCUT2D eigenvalue weighted by Crippen LogP contribution is 2.21. The highest BCUT2D eigenvalue weighted by molar-refractivity contribution is 14.1. The average Bonchev–Trinajstić information content (AvgIpc) is 2.49. The zero-order valence-corrected chi connectivity index (χ0v) is 13.1. The second-order valence-electron chi connectivity index (χ2n) is 4.85. The van der Waals surface area contributed by atoms with Gasteiger partial charge in [-0.2, -0.15) is 0 Å². The second-order valence-corrected chi connectivity index (χ2v) is 6.01. The lowest BCUT2D eigenvalue weighted by Crippen LogP contribution is -2.38. The molecule has 4 heteroatoms. The van der Waals surface area contributed by atoms with Crippen LogP contribution in [0, 0.1) is 3.57 Å². The Morgan fingerprint density at radius 3 is 2.55 bits per heavy atom. The maximum absolute atomic E-state index is 12.3. The molecule has 0 aliphatic carbocycles. The molecule has 2 aromatic carbocycles. The normalized spacial score (nSPS) is 13.8. The lowest BCUT2D eigenvalue weighted by molar-refractivity contribution is 0.206. The summed E-state index contributed by atoms with van der Waals surface area (Å²) in [7, 11) is 0. The number of halogens is 1. The first-order valence-electron chi connectivity index (χ1n) is 6.61. The number of hydrogen-bond donors (Lipinski definition) is 1. The predicted octanol–water partition coefficient (Wildman–Crippen LogP) is 3.88. The van der Waals surface area contributed by atoms with Gasteiger partial charge in [0, 0.05) is 16.7 Å². The average molecular weight is 378 g/mol. The first-order valence-corrected chi connectivity index (χ1v) is 7.69. The molecule has 0 saturated carbocycles. The summed E-state index contributed by atoms with van der Waals surface area (Å²) in [4.78, 5) is 14.2. The fraction of sp³-hybridized carbons (Fsp3) is 0.188. The van der Waals surface area contributed by atoms with Crippen LogP contribution in [0.2, 0.25) is 0 Å². The topological polar surface area (TPSA) is 32.3 Å². The number of amides is 2. The maximum Gasteiger partial charge on any atom is 0.322 e. The number of nitrogens with one attached hydrogen (secondary N) is 1. The summed E-state index contributed by atoms with van der Waals surface area (Å²) < 4.78 is 1.05. The van der Waals surface area contributed by atoms with Gasteiger partial charge in [0.2, 0.25) is 0 Å². The predicted molar refractivity (Wildman–Crippen MR) is 88.7 cm³/mol. The number of carbonyl (C=O) groups is 1. The van der Waals surface area contributed by atoms with Gasteiger partial charge in [-0.05, 0) is 52.3 Å². The quantitative estimate of drug-likeness (QED) is 0.751. The molecule has 0 aromatic heterocycles. The first kappa shape index (κ1) is 13.4. The first-order chi connectivity index (χ1) is 9.74. The molecule has 1 N–H and O–H groups in total. The van der Waals surface area contributed by atoms with Crippen molar-refractivity contribution in [2.45, 2.75) is 13.0 Å². The van der Waals surface area contributed by atoms with Crippen molar-refractivity contribution in [3.05, 3.63) is 63.2 Å². The molecule has 20 heavy (non-hydrogen) atoms. The van der Waals surface area contributed by atoms with Gasteiger partial charge in [-0.15, -0.1) is 0 Å². The lowest BCUT2D eigenvalue weighted by atomic mass is 10.0. The Balaban J connectivity index is 1.72. The van der Waals surface area contributed by atoms with Gasteiger partial charge in [-0.25, -0.2) is 4.79 Å². The van der Waals surface area contributed by atoms with Gasteiger partial charge in [-0.1, -0.05) is 36.4 Å². The van der Waals surface area contributed by atoms with Crippen molar-refractivity contribution in [2.24, 2.45) is 0 Å². The molecule has 1 aliphatic rings. The van der Waals surface area contributed by atoms with E-state index in [1.54, 1.807) is 0 Å². The van der Waals surface area contributed by atoms with Crippen LogP contribution in [0.4, 0.5) is 10.5 Å². The van der Waals surface area contributed by atoms with Crippen molar-refractivity contribution < 1.29 is 4.79 Å². The number of fused-ring (bicyclic) bond motifs is 1. The van der Waals surface area contributed by atoms with E-state index in [0.717, 1.165) is 22.2 Å². The van der Waals surface area contributed by atoms with Gasteiger partial charge in [-0.3, -0.25) is 0 Å². The summed E-state index contributed by atoms with van der Waals surface area (Å²) in [5.41, 5.74) is 3.47. The SMILES string of the molecule is O=C(Nc1ccccc1I)N1CCc2ccccc2C1. The zero-order valence-electron chi connectivity index (χ0n) is 11.0. The third kappa shape index (κ3) is 2.80. The Morgan fingerprint density at radius 1 is 1.05 bits per heavy atom. The minimum Gasteiger partial charge on any atom is -0.320 e. The summed E-state index contributed by atoms with van der Waals surface area (Å²) in [6, 6.07) is 16.1. The highest BCUT2D eigenvalue weighted by atomic mass is 127. The van der Waals surface area contributed by atoms with Gasteiger partial charge in [0.05, 0.1) is 5.69 Å². The monoisotopic (exact) mass is 378 g/mol. The van der Waals surface area contributed by atoms with E-state index >= 15 is 0 Å². The van der Waals surface area contributed by atoms with Crippen LogP contribution >= 0.6 is 22.6 Å². The van der Waals surface area contributed by atoms with Crippen LogP contribution in [0.15, 0.2) is 48.5 Å². The third-order valence-electron chi connectivity index (χ3n) is 3.53. The Kier molecular flexibility index (Phi) is 3.91. The van der Waals surface area contributed by atoms with Gasteiger partial charge in [0.25, 0.3) is 0 Å². The van der Waals surface area contributed by atoms with Crippen molar-refractivity contribution in [3.8, 4) is 0 Å². The molecule has 2 amide bonds. The molecule has 0 spiro atoms. The molecule has 1 heterocycles. The number of urea groups is 1. The Bertz CT molecular complexity index is 642. The summed E-state index contributed by atoms with van der Waals surface area (Å²) in [5, 5.41) is 2.99. The van der Waals surface area contributed by atoms with Crippen LogP contribution in [0.25, 0.3) is 0 Å². The molecule has 0 atom stereocenters. The van der Waals surface area contributed by atoms with Crippen molar-refractivity contribution >= 4 is 34.3 Å². The van der Waals surface area contributed by atoms with Gasteiger partial charge in [0.1, 0.15) is 0 Å². The number of hydrogen-bond acceptors (Lipinski definition) is 1. The molecule has 0 fully saturated rings. The van der Waals surface area contributed by atoms with Crippen molar-refractivity contribution in [2.75, 3.05) is 11.9 Å². The van der Waals surface area contributed by atoms with Crippen molar-refractivity contribution in [1.29, 1.82) is 0 Å². The second kappa shape index (κ2) is 5.83. The molecule has 102 valence electrons. The van der Waals surface area contributed by atoms with Crippen molar-refractivity contribution in [1.82, 2.24) is 4.90 Å². The molecule has 0 unspecified atom stereocenters. The van der Waals surface area contributed by atoms with E-state index in [2.05, 4.69) is 46.1 Å². The van der Waals surface area contributed by atoms with E-state index in [9.17, 15) is 4.79 Å². The van der Waals surface area contributed by atoms with Crippen LogP contribution in [-0.4, -0.2) is 17.5 Å². The number of carbonyl (C=O) groups excluding carboxylic acids is 1. The van der Waals surface area contributed by atoms with Crippen LogP contribution in [0.1, 0.15) is 11.1 Å². The molecule has 0 radical (unpaired) electrons. The third-order valence-corrected chi connectivity index (χ3v) is 4.47. The number of para-hydroxylation sites is 1. The fourth-order valence-electron chi connectivity index (χ4n) is 2.43. The molecule has 0 saturated heterocycles. The minimum atomic E-state index is -0.0244.